The van der Waals surface area contributed by atoms with Gasteiger partial charge in [-0.25, -0.2) is 0 Å². The van der Waals surface area contributed by atoms with Crippen LogP contribution in [0.2, 0.25) is 0 Å². The first kappa shape index (κ1) is 13.5. The van der Waals surface area contributed by atoms with Crippen LogP contribution in [0.3, 0.4) is 0 Å². The molecular formula is C15H22N4. The van der Waals surface area contributed by atoms with Crippen molar-refractivity contribution in [2.75, 3.05) is 11.1 Å². The zero-order valence-electron chi connectivity index (χ0n) is 11.9. The SMILES string of the molecule is CCCc1ccccc1Nc1c(N)c(CC)nn1C. The molecule has 0 fully saturated rings. The number of nitrogens with zero attached hydrogens (tertiary/aromatic N) is 2. The van der Waals surface area contributed by atoms with Crippen LogP contribution >= 0.6 is 0 Å². The van der Waals surface area contributed by atoms with E-state index in [9.17, 15) is 0 Å². The minimum Gasteiger partial charge on any atom is -0.394 e. The predicted molar refractivity (Wildman–Crippen MR) is 80.7 cm³/mol. The van der Waals surface area contributed by atoms with Crippen molar-refractivity contribution in [2.45, 2.75) is 33.1 Å². The van der Waals surface area contributed by atoms with Gasteiger partial charge >= 0.3 is 0 Å². The molecule has 2 rings (SSSR count). The first-order valence-corrected chi connectivity index (χ1v) is 6.83. The molecule has 19 heavy (non-hydrogen) atoms. The number of para-hydroxylation sites is 1. The number of aromatic nitrogens is 2. The van der Waals surface area contributed by atoms with E-state index in [1.807, 2.05) is 17.8 Å². The Morgan fingerprint density at radius 2 is 2.00 bits per heavy atom. The van der Waals surface area contributed by atoms with Crippen LogP contribution in [0.15, 0.2) is 24.3 Å². The highest BCUT2D eigenvalue weighted by Gasteiger charge is 2.12. The summed E-state index contributed by atoms with van der Waals surface area (Å²) in [5, 5.41) is 7.85. The maximum absolute atomic E-state index is 6.14. The van der Waals surface area contributed by atoms with Gasteiger partial charge in [-0.1, -0.05) is 38.5 Å². The van der Waals surface area contributed by atoms with Crippen LogP contribution in [-0.2, 0) is 19.9 Å². The quantitative estimate of drug-likeness (QED) is 0.865. The fourth-order valence-corrected chi connectivity index (χ4v) is 2.26. The average Bonchev–Trinajstić information content (AvgIpc) is 2.68. The number of hydrogen-bond acceptors (Lipinski definition) is 3. The number of nitrogens with one attached hydrogen (secondary N) is 1. The summed E-state index contributed by atoms with van der Waals surface area (Å²) in [6.07, 6.45) is 3.03. The zero-order chi connectivity index (χ0) is 13.8. The van der Waals surface area contributed by atoms with Gasteiger partial charge in [0.25, 0.3) is 0 Å². The highest BCUT2D eigenvalue weighted by molar-refractivity contribution is 5.72. The molecule has 0 aliphatic heterocycles. The molecule has 1 aromatic carbocycles. The third-order valence-corrected chi connectivity index (χ3v) is 3.29. The summed E-state index contributed by atoms with van der Waals surface area (Å²) < 4.78 is 1.82. The molecule has 102 valence electrons. The Hall–Kier alpha value is -1.97. The second-order valence-electron chi connectivity index (χ2n) is 4.72. The molecule has 3 N–H and O–H groups in total. The van der Waals surface area contributed by atoms with Crippen molar-refractivity contribution < 1.29 is 0 Å². The van der Waals surface area contributed by atoms with Crippen molar-refractivity contribution in [1.82, 2.24) is 9.78 Å². The van der Waals surface area contributed by atoms with Crippen molar-refractivity contribution in [2.24, 2.45) is 7.05 Å². The molecule has 2 aromatic rings. The van der Waals surface area contributed by atoms with E-state index >= 15 is 0 Å². The van der Waals surface area contributed by atoms with E-state index in [1.165, 1.54) is 5.56 Å². The van der Waals surface area contributed by atoms with Gasteiger partial charge in [0.15, 0.2) is 5.82 Å². The van der Waals surface area contributed by atoms with Gasteiger partial charge in [0.05, 0.1) is 11.4 Å². The van der Waals surface area contributed by atoms with E-state index in [0.717, 1.165) is 42.1 Å². The molecule has 0 unspecified atom stereocenters. The second kappa shape index (κ2) is 5.78. The molecule has 0 spiro atoms. The van der Waals surface area contributed by atoms with E-state index in [-0.39, 0.29) is 0 Å². The lowest BCUT2D eigenvalue weighted by Gasteiger charge is -2.12. The van der Waals surface area contributed by atoms with Crippen molar-refractivity contribution >= 4 is 17.2 Å². The second-order valence-corrected chi connectivity index (χ2v) is 4.72. The maximum Gasteiger partial charge on any atom is 0.152 e. The van der Waals surface area contributed by atoms with Crippen molar-refractivity contribution in [3.63, 3.8) is 0 Å². The summed E-state index contributed by atoms with van der Waals surface area (Å²) in [7, 11) is 1.92. The van der Waals surface area contributed by atoms with E-state index in [0.29, 0.717) is 0 Å². The lowest BCUT2D eigenvalue weighted by molar-refractivity contribution is 0.753. The Balaban J connectivity index is 2.33. The molecular weight excluding hydrogens is 236 g/mol. The molecule has 0 aliphatic rings. The van der Waals surface area contributed by atoms with Gasteiger partial charge in [-0.3, -0.25) is 4.68 Å². The molecule has 0 saturated carbocycles. The van der Waals surface area contributed by atoms with Crippen molar-refractivity contribution in [3.05, 3.63) is 35.5 Å². The topological polar surface area (TPSA) is 55.9 Å². The molecule has 4 heteroatoms. The number of aryl methyl sites for hydroxylation is 3. The highest BCUT2D eigenvalue weighted by Crippen LogP contribution is 2.28. The smallest absolute Gasteiger partial charge is 0.152 e. The van der Waals surface area contributed by atoms with Gasteiger partial charge in [0.1, 0.15) is 0 Å². The summed E-state index contributed by atoms with van der Waals surface area (Å²) >= 11 is 0. The molecule has 1 aromatic heterocycles. The maximum atomic E-state index is 6.14. The Morgan fingerprint density at radius 1 is 1.26 bits per heavy atom. The van der Waals surface area contributed by atoms with Gasteiger partial charge < -0.3 is 11.1 Å². The molecule has 4 nitrogen and oxygen atoms in total. The first-order chi connectivity index (χ1) is 9.17. The van der Waals surface area contributed by atoms with Gasteiger partial charge in [-0.05, 0) is 24.5 Å². The molecule has 0 radical (unpaired) electrons. The van der Waals surface area contributed by atoms with Crippen LogP contribution in [0.25, 0.3) is 0 Å². The molecule has 0 amide bonds. The molecule has 0 aliphatic carbocycles. The average molecular weight is 258 g/mol. The third-order valence-electron chi connectivity index (χ3n) is 3.29. The lowest BCUT2D eigenvalue weighted by Crippen LogP contribution is -2.03. The Bertz CT molecular complexity index is 557. The Labute approximate surface area is 114 Å². The summed E-state index contributed by atoms with van der Waals surface area (Å²) in [5.41, 5.74) is 10.3. The highest BCUT2D eigenvalue weighted by atomic mass is 15.3. The van der Waals surface area contributed by atoms with Crippen LogP contribution in [-0.4, -0.2) is 9.78 Å². The van der Waals surface area contributed by atoms with E-state index in [1.54, 1.807) is 0 Å². The monoisotopic (exact) mass is 258 g/mol. The number of hydrogen-bond donors (Lipinski definition) is 2. The standard InChI is InChI=1S/C15H22N4/c1-4-8-11-9-6-7-10-13(11)17-15-14(16)12(5-2)18-19(15)3/h6-7,9-10,17H,4-5,8,16H2,1-3H3. The summed E-state index contributed by atoms with van der Waals surface area (Å²) in [5.74, 6) is 0.875. The predicted octanol–water partition coefficient (Wildman–Crippen LogP) is 3.26. The summed E-state index contributed by atoms with van der Waals surface area (Å²) in [4.78, 5) is 0. The fraction of sp³-hybridized carbons (Fsp3) is 0.400. The molecule has 1 heterocycles. The van der Waals surface area contributed by atoms with Crippen LogP contribution in [0, 0.1) is 0 Å². The number of nitrogen functional groups attached to an aromatic ring is 1. The molecule has 0 atom stereocenters. The number of nitrogens with two attached hydrogens (primary N) is 1. The van der Waals surface area contributed by atoms with Crippen LogP contribution < -0.4 is 11.1 Å². The van der Waals surface area contributed by atoms with E-state index in [2.05, 4.69) is 42.5 Å². The first-order valence-electron chi connectivity index (χ1n) is 6.83. The van der Waals surface area contributed by atoms with Gasteiger partial charge in [0, 0.05) is 12.7 Å². The molecule has 0 saturated heterocycles. The normalized spacial score (nSPS) is 10.7. The number of benzene rings is 1. The van der Waals surface area contributed by atoms with Crippen molar-refractivity contribution in [3.8, 4) is 0 Å². The Morgan fingerprint density at radius 3 is 2.63 bits per heavy atom. The van der Waals surface area contributed by atoms with Crippen molar-refractivity contribution in [1.29, 1.82) is 0 Å². The van der Waals surface area contributed by atoms with Crippen LogP contribution in [0.1, 0.15) is 31.5 Å². The molecule has 0 bridgehead atoms. The zero-order valence-corrected chi connectivity index (χ0v) is 11.9. The Kier molecular flexibility index (Phi) is 4.10. The number of rotatable bonds is 5. The fourth-order valence-electron chi connectivity index (χ4n) is 2.26. The third kappa shape index (κ3) is 2.72. The minimum atomic E-state index is 0.747. The minimum absolute atomic E-state index is 0.747. The summed E-state index contributed by atoms with van der Waals surface area (Å²) in [6, 6.07) is 8.34. The largest absolute Gasteiger partial charge is 0.394 e. The number of anilines is 3. The van der Waals surface area contributed by atoms with Crippen LogP contribution in [0.5, 0.6) is 0 Å². The van der Waals surface area contributed by atoms with Gasteiger partial charge in [-0.2, -0.15) is 5.10 Å². The van der Waals surface area contributed by atoms with Gasteiger partial charge in [-0.15, -0.1) is 0 Å². The van der Waals surface area contributed by atoms with Crippen LogP contribution in [0.4, 0.5) is 17.2 Å². The van der Waals surface area contributed by atoms with E-state index in [4.69, 9.17) is 5.73 Å². The van der Waals surface area contributed by atoms with Gasteiger partial charge in [0.2, 0.25) is 0 Å². The lowest BCUT2D eigenvalue weighted by atomic mass is 10.1. The van der Waals surface area contributed by atoms with E-state index < -0.39 is 0 Å². The summed E-state index contributed by atoms with van der Waals surface area (Å²) in [6.45, 7) is 4.25.